The summed E-state index contributed by atoms with van der Waals surface area (Å²) in [5.41, 5.74) is 7.45. The molecule has 0 aliphatic heterocycles. The third-order valence-corrected chi connectivity index (χ3v) is 5.47. The largest absolute Gasteiger partial charge is 0.358 e. The van der Waals surface area contributed by atoms with Crippen LogP contribution in [0.15, 0.2) is 29.3 Å². The Morgan fingerprint density at radius 1 is 1.21 bits per heavy atom. The van der Waals surface area contributed by atoms with Crippen molar-refractivity contribution < 1.29 is 0 Å². The molecule has 1 atom stereocenters. The van der Waals surface area contributed by atoms with Gasteiger partial charge in [-0.3, -0.25) is 9.67 Å². The number of nitrogens with one attached hydrogen (secondary N) is 3. The molecular weight excluding hydrogens is 475 g/mol. The highest BCUT2D eigenvalue weighted by atomic mass is 127. The number of aliphatic imine (C=N–C) groups is 1. The first kappa shape index (κ1) is 23.3. The highest BCUT2D eigenvalue weighted by Crippen LogP contribution is 2.21. The number of benzene rings is 1. The second kappa shape index (κ2) is 10.1. The van der Waals surface area contributed by atoms with Crippen LogP contribution in [-0.4, -0.2) is 40.4 Å². The summed E-state index contributed by atoms with van der Waals surface area (Å²) in [6.45, 7) is 9.36. The third kappa shape index (κ3) is 5.32. The van der Waals surface area contributed by atoms with Crippen molar-refractivity contribution in [3.05, 3.63) is 52.5 Å². The van der Waals surface area contributed by atoms with Gasteiger partial charge in [0.05, 0.1) is 5.69 Å². The molecule has 3 aromatic rings. The minimum atomic E-state index is 0. The van der Waals surface area contributed by atoms with Crippen LogP contribution >= 0.6 is 24.0 Å². The predicted molar refractivity (Wildman–Crippen MR) is 133 cm³/mol. The zero-order valence-electron chi connectivity index (χ0n) is 18.3. The molecule has 3 N–H and O–H groups in total. The lowest BCUT2D eigenvalue weighted by molar-refractivity contribution is 0.635. The fourth-order valence-corrected chi connectivity index (χ4v) is 3.86. The van der Waals surface area contributed by atoms with Gasteiger partial charge in [-0.2, -0.15) is 5.10 Å². The Morgan fingerprint density at radius 2 is 1.93 bits per heavy atom. The zero-order chi connectivity index (χ0) is 20.3. The highest BCUT2D eigenvalue weighted by molar-refractivity contribution is 14.0. The van der Waals surface area contributed by atoms with Crippen LogP contribution in [0.4, 0.5) is 0 Å². The lowest BCUT2D eigenvalue weighted by Gasteiger charge is -2.18. The molecular formula is C22H33IN6. The average molecular weight is 508 g/mol. The van der Waals surface area contributed by atoms with E-state index in [1.54, 1.807) is 0 Å². The molecule has 0 radical (unpaired) electrons. The van der Waals surface area contributed by atoms with E-state index in [0.717, 1.165) is 31.0 Å². The SMILES string of the molecule is CN=C(NCCc1c(C)[nH]c2ccccc12)NC(C)Cc1c(C)nn(C)c1C.I. The monoisotopic (exact) mass is 508 g/mol. The van der Waals surface area contributed by atoms with Crippen LogP contribution in [0.5, 0.6) is 0 Å². The fraction of sp³-hybridized carbons (Fsp3) is 0.455. The standard InChI is InChI=1S/C22H32N6.HI/c1-14(13-20-16(3)27-28(6)17(20)4)25-22(23-5)24-12-11-18-15(2)26-21-10-8-7-9-19(18)21;/h7-10,14,26H,11-13H2,1-6H3,(H2,23,24,25);1H. The molecule has 0 amide bonds. The van der Waals surface area contributed by atoms with Crippen molar-refractivity contribution in [3.8, 4) is 0 Å². The number of nitrogens with zero attached hydrogens (tertiary/aromatic N) is 3. The van der Waals surface area contributed by atoms with Crippen LogP contribution < -0.4 is 10.6 Å². The summed E-state index contributed by atoms with van der Waals surface area (Å²) in [7, 11) is 3.82. The second-order valence-corrected chi connectivity index (χ2v) is 7.55. The van der Waals surface area contributed by atoms with Crippen LogP contribution in [0.1, 0.15) is 35.1 Å². The number of guanidine groups is 1. The summed E-state index contributed by atoms with van der Waals surface area (Å²) in [6, 6.07) is 8.74. The lowest BCUT2D eigenvalue weighted by atomic mass is 10.1. The Balaban J connectivity index is 0.00000300. The Hall–Kier alpha value is -2.03. The molecule has 0 spiro atoms. The molecule has 0 bridgehead atoms. The van der Waals surface area contributed by atoms with E-state index in [-0.39, 0.29) is 30.0 Å². The van der Waals surface area contributed by atoms with Crippen LogP contribution in [0, 0.1) is 20.8 Å². The number of rotatable bonds is 6. The summed E-state index contributed by atoms with van der Waals surface area (Å²) < 4.78 is 1.95. The molecule has 2 heterocycles. The van der Waals surface area contributed by atoms with Gasteiger partial charge in [-0.1, -0.05) is 18.2 Å². The van der Waals surface area contributed by atoms with Gasteiger partial charge >= 0.3 is 0 Å². The number of para-hydroxylation sites is 1. The average Bonchev–Trinajstić information content (AvgIpc) is 3.11. The maximum Gasteiger partial charge on any atom is 0.191 e. The Morgan fingerprint density at radius 3 is 2.59 bits per heavy atom. The first-order valence-electron chi connectivity index (χ1n) is 9.93. The number of hydrogen-bond donors (Lipinski definition) is 3. The van der Waals surface area contributed by atoms with E-state index in [1.807, 2.05) is 18.8 Å². The summed E-state index contributed by atoms with van der Waals surface area (Å²) in [4.78, 5) is 7.86. The van der Waals surface area contributed by atoms with Gasteiger partial charge in [0.15, 0.2) is 5.96 Å². The topological polar surface area (TPSA) is 70.0 Å². The van der Waals surface area contributed by atoms with Gasteiger partial charge in [0.1, 0.15) is 0 Å². The van der Waals surface area contributed by atoms with E-state index in [9.17, 15) is 0 Å². The third-order valence-electron chi connectivity index (χ3n) is 5.47. The number of H-pyrrole nitrogens is 1. The number of halogens is 1. The minimum Gasteiger partial charge on any atom is -0.358 e. The summed E-state index contributed by atoms with van der Waals surface area (Å²) in [5.74, 6) is 0.837. The van der Waals surface area contributed by atoms with E-state index >= 15 is 0 Å². The van der Waals surface area contributed by atoms with E-state index in [1.165, 1.54) is 33.4 Å². The van der Waals surface area contributed by atoms with Crippen molar-refractivity contribution in [3.63, 3.8) is 0 Å². The molecule has 0 saturated heterocycles. The van der Waals surface area contributed by atoms with Crippen molar-refractivity contribution in [2.24, 2.45) is 12.0 Å². The van der Waals surface area contributed by atoms with Gasteiger partial charge in [-0.25, -0.2) is 0 Å². The molecule has 1 unspecified atom stereocenters. The molecule has 158 valence electrons. The predicted octanol–water partition coefficient (Wildman–Crippen LogP) is 3.78. The van der Waals surface area contributed by atoms with Crippen molar-refractivity contribution in [1.29, 1.82) is 0 Å². The smallest absolute Gasteiger partial charge is 0.191 e. The lowest BCUT2D eigenvalue weighted by Crippen LogP contribution is -2.43. The van der Waals surface area contributed by atoms with Crippen molar-refractivity contribution in [1.82, 2.24) is 25.4 Å². The zero-order valence-corrected chi connectivity index (χ0v) is 20.6. The Bertz CT molecular complexity index is 985. The summed E-state index contributed by atoms with van der Waals surface area (Å²) >= 11 is 0. The van der Waals surface area contributed by atoms with E-state index < -0.39 is 0 Å². The minimum absolute atomic E-state index is 0. The summed E-state index contributed by atoms with van der Waals surface area (Å²) in [6.07, 6.45) is 1.87. The van der Waals surface area contributed by atoms with Gasteiger partial charge in [0, 0.05) is 49.0 Å². The molecule has 3 rings (SSSR count). The maximum absolute atomic E-state index is 4.51. The molecule has 0 saturated carbocycles. The van der Waals surface area contributed by atoms with E-state index in [2.05, 4.69) is 77.7 Å². The normalized spacial score (nSPS) is 12.7. The van der Waals surface area contributed by atoms with E-state index in [0.29, 0.717) is 0 Å². The second-order valence-electron chi connectivity index (χ2n) is 7.55. The van der Waals surface area contributed by atoms with Crippen LogP contribution in [0.3, 0.4) is 0 Å². The molecule has 7 heteroatoms. The van der Waals surface area contributed by atoms with Crippen LogP contribution in [-0.2, 0) is 19.9 Å². The summed E-state index contributed by atoms with van der Waals surface area (Å²) in [5, 5.41) is 12.8. The van der Waals surface area contributed by atoms with Crippen LogP contribution in [0.2, 0.25) is 0 Å². The quantitative estimate of drug-likeness (QED) is 0.270. The van der Waals surface area contributed by atoms with Crippen LogP contribution in [0.25, 0.3) is 10.9 Å². The maximum atomic E-state index is 4.51. The molecule has 29 heavy (non-hydrogen) atoms. The molecule has 0 aliphatic rings. The molecule has 6 nitrogen and oxygen atoms in total. The van der Waals surface area contributed by atoms with Gasteiger partial charge in [-0.05, 0) is 57.7 Å². The first-order valence-corrected chi connectivity index (χ1v) is 9.93. The van der Waals surface area contributed by atoms with Crippen molar-refractivity contribution >= 4 is 40.8 Å². The molecule has 0 fully saturated rings. The van der Waals surface area contributed by atoms with Crippen molar-refractivity contribution in [2.75, 3.05) is 13.6 Å². The van der Waals surface area contributed by atoms with Gasteiger partial charge in [-0.15, -0.1) is 24.0 Å². The highest BCUT2D eigenvalue weighted by Gasteiger charge is 2.14. The Kier molecular flexibility index (Phi) is 8.13. The van der Waals surface area contributed by atoms with Gasteiger partial charge in [0.25, 0.3) is 0 Å². The van der Waals surface area contributed by atoms with Crippen molar-refractivity contribution in [2.45, 2.75) is 46.6 Å². The van der Waals surface area contributed by atoms with Gasteiger partial charge < -0.3 is 15.6 Å². The first-order chi connectivity index (χ1) is 13.4. The Labute approximate surface area is 190 Å². The number of hydrogen-bond acceptors (Lipinski definition) is 2. The fourth-order valence-electron chi connectivity index (χ4n) is 3.86. The molecule has 2 aromatic heterocycles. The number of aromatic amines is 1. The van der Waals surface area contributed by atoms with Gasteiger partial charge in [0.2, 0.25) is 0 Å². The number of aromatic nitrogens is 3. The molecule has 0 aliphatic carbocycles. The van der Waals surface area contributed by atoms with E-state index in [4.69, 9.17) is 0 Å². The molecule has 1 aromatic carbocycles. The number of fused-ring (bicyclic) bond motifs is 1. The number of aryl methyl sites for hydroxylation is 3.